The number of nitrogens with zero attached hydrogens (tertiary/aromatic N) is 1. The summed E-state index contributed by atoms with van der Waals surface area (Å²) in [7, 11) is 0. The summed E-state index contributed by atoms with van der Waals surface area (Å²) in [5.41, 5.74) is 0. The topological polar surface area (TPSA) is 67.2 Å². The third-order valence-electron chi connectivity index (χ3n) is 2.61. The number of carbonyl (C=O) groups is 1. The molecule has 2 heterocycles. The van der Waals surface area contributed by atoms with Crippen molar-refractivity contribution in [2.75, 3.05) is 11.9 Å². The van der Waals surface area contributed by atoms with Gasteiger partial charge in [0.1, 0.15) is 5.76 Å². The molecule has 1 amide bonds. The summed E-state index contributed by atoms with van der Waals surface area (Å²) in [5, 5.41) is 5.93. The molecule has 2 N–H and O–H groups in total. The van der Waals surface area contributed by atoms with Gasteiger partial charge in [0.25, 0.3) is 0 Å². The molecule has 0 unspecified atom stereocenters. The fraction of sp³-hybridized carbons (Fsp3) is 0.600. The van der Waals surface area contributed by atoms with Crippen molar-refractivity contribution in [3.05, 3.63) is 12.2 Å². The zero-order valence-corrected chi connectivity index (χ0v) is 8.75. The molecule has 82 valence electrons. The molecule has 1 aromatic heterocycles. The Morgan fingerprint density at radius 1 is 1.67 bits per heavy atom. The van der Waals surface area contributed by atoms with Gasteiger partial charge < -0.3 is 15.1 Å². The summed E-state index contributed by atoms with van der Waals surface area (Å²) in [6.45, 7) is 2.69. The van der Waals surface area contributed by atoms with Gasteiger partial charge in [-0.3, -0.25) is 4.79 Å². The van der Waals surface area contributed by atoms with Crippen LogP contribution in [-0.4, -0.2) is 23.5 Å². The molecule has 1 atom stereocenters. The number of hydrogen-bond acceptors (Lipinski definition) is 4. The molecule has 0 radical (unpaired) electrons. The standard InChI is InChI=1S/C10H15N3O2/c1-7-9(12-6-15-7)13-10(14)8-4-2-3-5-11-8/h6,8,11H,2-5H2,1H3,(H,13,14)/t8-/m0/s1. The molecule has 1 aliphatic rings. The first-order valence-corrected chi connectivity index (χ1v) is 5.21. The van der Waals surface area contributed by atoms with Crippen LogP contribution in [0.4, 0.5) is 5.82 Å². The molecule has 0 aliphatic carbocycles. The van der Waals surface area contributed by atoms with Gasteiger partial charge in [-0.2, -0.15) is 4.98 Å². The van der Waals surface area contributed by atoms with Crippen molar-refractivity contribution in [2.24, 2.45) is 0 Å². The first kappa shape index (κ1) is 10.2. The summed E-state index contributed by atoms with van der Waals surface area (Å²) in [5.74, 6) is 1.14. The number of aryl methyl sites for hydroxylation is 1. The predicted molar refractivity (Wildman–Crippen MR) is 55.5 cm³/mol. The number of carbonyl (C=O) groups excluding carboxylic acids is 1. The van der Waals surface area contributed by atoms with Gasteiger partial charge >= 0.3 is 0 Å². The zero-order valence-electron chi connectivity index (χ0n) is 8.75. The second-order valence-corrected chi connectivity index (χ2v) is 3.75. The number of oxazole rings is 1. The highest BCUT2D eigenvalue weighted by molar-refractivity contribution is 5.94. The molecule has 0 aromatic carbocycles. The molecule has 0 saturated carbocycles. The summed E-state index contributed by atoms with van der Waals surface area (Å²) in [6, 6.07) is -0.0881. The second-order valence-electron chi connectivity index (χ2n) is 3.75. The number of rotatable bonds is 2. The first-order valence-electron chi connectivity index (χ1n) is 5.21. The molecule has 1 aromatic rings. The van der Waals surface area contributed by atoms with E-state index in [9.17, 15) is 4.79 Å². The van der Waals surface area contributed by atoms with Crippen molar-refractivity contribution in [2.45, 2.75) is 32.2 Å². The molecule has 1 saturated heterocycles. The van der Waals surface area contributed by atoms with Crippen LogP contribution in [0.15, 0.2) is 10.8 Å². The summed E-state index contributed by atoms with van der Waals surface area (Å²) < 4.78 is 5.01. The summed E-state index contributed by atoms with van der Waals surface area (Å²) in [6.07, 6.45) is 4.47. The Morgan fingerprint density at radius 3 is 3.13 bits per heavy atom. The molecule has 0 bridgehead atoms. The van der Waals surface area contributed by atoms with Gasteiger partial charge in [-0.15, -0.1) is 0 Å². The number of hydrogen-bond donors (Lipinski definition) is 2. The average molecular weight is 209 g/mol. The van der Waals surface area contributed by atoms with E-state index < -0.39 is 0 Å². The van der Waals surface area contributed by atoms with Crippen molar-refractivity contribution in [3.8, 4) is 0 Å². The molecular weight excluding hydrogens is 194 g/mol. The lowest BCUT2D eigenvalue weighted by Gasteiger charge is -2.21. The Kier molecular flexibility index (Phi) is 3.01. The largest absolute Gasteiger partial charge is 0.446 e. The second kappa shape index (κ2) is 4.44. The van der Waals surface area contributed by atoms with Gasteiger partial charge in [0.05, 0.1) is 6.04 Å². The van der Waals surface area contributed by atoms with Crippen LogP contribution < -0.4 is 10.6 Å². The Hall–Kier alpha value is -1.36. The molecule has 5 nitrogen and oxygen atoms in total. The normalized spacial score (nSPS) is 21.3. The molecule has 1 fully saturated rings. The SMILES string of the molecule is Cc1ocnc1NC(=O)[C@@H]1CCCCN1. The quantitative estimate of drug-likeness (QED) is 0.764. The molecule has 2 rings (SSSR count). The third kappa shape index (κ3) is 2.36. The summed E-state index contributed by atoms with van der Waals surface area (Å²) in [4.78, 5) is 15.7. The van der Waals surface area contributed by atoms with Crippen LogP contribution >= 0.6 is 0 Å². The van der Waals surface area contributed by atoms with E-state index in [2.05, 4.69) is 15.6 Å². The van der Waals surface area contributed by atoms with E-state index in [0.717, 1.165) is 25.8 Å². The van der Waals surface area contributed by atoms with E-state index in [0.29, 0.717) is 11.6 Å². The smallest absolute Gasteiger partial charge is 0.242 e. The van der Waals surface area contributed by atoms with Crippen LogP contribution in [-0.2, 0) is 4.79 Å². The minimum atomic E-state index is -0.0881. The van der Waals surface area contributed by atoms with Crippen molar-refractivity contribution in [1.82, 2.24) is 10.3 Å². The lowest BCUT2D eigenvalue weighted by Crippen LogP contribution is -2.43. The van der Waals surface area contributed by atoms with E-state index in [1.54, 1.807) is 6.92 Å². The maximum Gasteiger partial charge on any atom is 0.242 e. The molecule has 5 heteroatoms. The monoisotopic (exact) mass is 209 g/mol. The lowest BCUT2D eigenvalue weighted by atomic mass is 10.0. The van der Waals surface area contributed by atoms with Crippen molar-refractivity contribution in [3.63, 3.8) is 0 Å². The van der Waals surface area contributed by atoms with E-state index >= 15 is 0 Å². The van der Waals surface area contributed by atoms with E-state index in [1.807, 2.05) is 0 Å². The van der Waals surface area contributed by atoms with Gasteiger partial charge in [-0.25, -0.2) is 0 Å². The number of nitrogens with one attached hydrogen (secondary N) is 2. The zero-order chi connectivity index (χ0) is 10.7. The number of aromatic nitrogens is 1. The van der Waals surface area contributed by atoms with Gasteiger partial charge in [0.2, 0.25) is 5.91 Å². The molecule has 0 spiro atoms. The number of piperidine rings is 1. The fourth-order valence-electron chi connectivity index (χ4n) is 1.70. The Labute approximate surface area is 88.3 Å². The summed E-state index contributed by atoms with van der Waals surface area (Å²) >= 11 is 0. The number of amides is 1. The van der Waals surface area contributed by atoms with E-state index in [1.165, 1.54) is 6.39 Å². The minimum absolute atomic E-state index is 0.0216. The van der Waals surface area contributed by atoms with Crippen molar-refractivity contribution >= 4 is 11.7 Å². The van der Waals surface area contributed by atoms with Gasteiger partial charge in [-0.05, 0) is 26.3 Å². The Morgan fingerprint density at radius 2 is 2.53 bits per heavy atom. The minimum Gasteiger partial charge on any atom is -0.446 e. The number of anilines is 1. The third-order valence-corrected chi connectivity index (χ3v) is 2.61. The fourth-order valence-corrected chi connectivity index (χ4v) is 1.70. The highest BCUT2D eigenvalue weighted by Crippen LogP contribution is 2.13. The van der Waals surface area contributed by atoms with Crippen LogP contribution in [0.25, 0.3) is 0 Å². The van der Waals surface area contributed by atoms with Crippen LogP contribution in [0.1, 0.15) is 25.0 Å². The van der Waals surface area contributed by atoms with Gasteiger partial charge in [-0.1, -0.05) is 6.42 Å². The Balaban J connectivity index is 1.94. The predicted octanol–water partition coefficient (Wildman–Crippen LogP) is 1.06. The highest BCUT2D eigenvalue weighted by atomic mass is 16.3. The molecular formula is C10H15N3O2. The van der Waals surface area contributed by atoms with E-state index in [-0.39, 0.29) is 11.9 Å². The maximum absolute atomic E-state index is 11.8. The average Bonchev–Trinajstić information content (AvgIpc) is 2.66. The van der Waals surface area contributed by atoms with Crippen LogP contribution in [0.3, 0.4) is 0 Å². The van der Waals surface area contributed by atoms with Gasteiger partial charge in [0.15, 0.2) is 12.2 Å². The van der Waals surface area contributed by atoms with Crippen molar-refractivity contribution in [1.29, 1.82) is 0 Å². The van der Waals surface area contributed by atoms with Crippen LogP contribution in [0.5, 0.6) is 0 Å². The first-order chi connectivity index (χ1) is 7.27. The molecule has 15 heavy (non-hydrogen) atoms. The lowest BCUT2D eigenvalue weighted by molar-refractivity contribution is -0.118. The van der Waals surface area contributed by atoms with E-state index in [4.69, 9.17) is 4.42 Å². The van der Waals surface area contributed by atoms with Crippen LogP contribution in [0, 0.1) is 6.92 Å². The van der Waals surface area contributed by atoms with Crippen molar-refractivity contribution < 1.29 is 9.21 Å². The molecule has 1 aliphatic heterocycles. The maximum atomic E-state index is 11.8. The Bertz CT molecular complexity index is 342. The highest BCUT2D eigenvalue weighted by Gasteiger charge is 2.21. The van der Waals surface area contributed by atoms with Gasteiger partial charge in [0, 0.05) is 0 Å². The van der Waals surface area contributed by atoms with Crippen LogP contribution in [0.2, 0.25) is 0 Å².